The molecular weight excluding hydrogens is 302 g/mol. The summed E-state index contributed by atoms with van der Waals surface area (Å²) in [6.07, 6.45) is 0. The highest BCUT2D eigenvalue weighted by atomic mass is 16.2. The molecule has 0 saturated carbocycles. The van der Waals surface area contributed by atoms with Crippen LogP contribution < -0.4 is 9.80 Å². The highest BCUT2D eigenvalue weighted by Gasteiger charge is 2.20. The summed E-state index contributed by atoms with van der Waals surface area (Å²) >= 11 is 0. The minimum Gasteiger partial charge on any atom is -0.311 e. The van der Waals surface area contributed by atoms with E-state index in [-0.39, 0.29) is 18.4 Å². The molecule has 0 spiro atoms. The first kappa shape index (κ1) is 17.2. The van der Waals surface area contributed by atoms with Crippen molar-refractivity contribution in [1.29, 1.82) is 5.26 Å². The smallest absolute Gasteiger partial charge is 0.247 e. The van der Waals surface area contributed by atoms with E-state index in [0.717, 1.165) is 5.69 Å². The Labute approximate surface area is 141 Å². The number of para-hydroxylation sites is 1. The molecule has 0 atom stereocenters. The zero-order chi connectivity index (χ0) is 17.5. The predicted molar refractivity (Wildman–Crippen MR) is 93.7 cm³/mol. The molecule has 0 N–H and O–H groups in total. The van der Waals surface area contributed by atoms with Gasteiger partial charge in [0, 0.05) is 24.8 Å². The molecule has 0 unspecified atom stereocenters. The molecule has 2 aromatic carbocycles. The van der Waals surface area contributed by atoms with Crippen LogP contribution in [-0.4, -0.2) is 24.9 Å². The van der Waals surface area contributed by atoms with Crippen molar-refractivity contribution in [2.24, 2.45) is 0 Å². The van der Waals surface area contributed by atoms with Gasteiger partial charge in [0.05, 0.1) is 11.6 Å². The van der Waals surface area contributed by atoms with Crippen LogP contribution >= 0.6 is 0 Å². The standard InChI is InChI=1S/C19H19N3O2/c1-3-21(17-9-5-4-6-10-17)19(24)14-22(15(2)23)18-11-7-8-16(12-18)13-20/h4-12H,3,14H2,1-2H3. The maximum atomic E-state index is 12.7. The van der Waals surface area contributed by atoms with Crippen LogP contribution in [0.15, 0.2) is 54.6 Å². The van der Waals surface area contributed by atoms with Crippen molar-refractivity contribution in [3.8, 4) is 6.07 Å². The molecule has 0 radical (unpaired) electrons. The van der Waals surface area contributed by atoms with E-state index in [1.54, 1.807) is 29.2 Å². The van der Waals surface area contributed by atoms with Gasteiger partial charge in [-0.25, -0.2) is 0 Å². The largest absolute Gasteiger partial charge is 0.311 e. The number of likely N-dealkylation sites (N-methyl/N-ethyl adjacent to an activating group) is 1. The molecular formula is C19H19N3O2. The molecule has 0 aliphatic rings. The number of benzene rings is 2. The second kappa shape index (κ2) is 7.93. The van der Waals surface area contributed by atoms with Gasteiger partial charge in [-0.1, -0.05) is 24.3 Å². The van der Waals surface area contributed by atoms with Crippen LogP contribution in [0.1, 0.15) is 19.4 Å². The van der Waals surface area contributed by atoms with Gasteiger partial charge in [-0.15, -0.1) is 0 Å². The number of hydrogen-bond donors (Lipinski definition) is 0. The normalized spacial score (nSPS) is 9.88. The van der Waals surface area contributed by atoms with E-state index >= 15 is 0 Å². The summed E-state index contributed by atoms with van der Waals surface area (Å²) in [7, 11) is 0. The summed E-state index contributed by atoms with van der Waals surface area (Å²) in [5.41, 5.74) is 1.78. The molecule has 2 rings (SSSR count). The third-order valence-electron chi connectivity index (χ3n) is 3.65. The molecule has 122 valence electrons. The SMILES string of the molecule is CCN(C(=O)CN(C(C)=O)c1cccc(C#N)c1)c1ccccc1. The maximum Gasteiger partial charge on any atom is 0.247 e. The number of carbonyl (C=O) groups is 2. The third kappa shape index (κ3) is 3.99. The molecule has 5 heteroatoms. The van der Waals surface area contributed by atoms with Gasteiger partial charge in [-0.2, -0.15) is 5.26 Å². The van der Waals surface area contributed by atoms with E-state index < -0.39 is 0 Å². The number of carbonyl (C=O) groups excluding carboxylic acids is 2. The number of nitrogens with zero attached hydrogens (tertiary/aromatic N) is 3. The van der Waals surface area contributed by atoms with Crippen LogP contribution in [0.25, 0.3) is 0 Å². The molecule has 0 fully saturated rings. The Morgan fingerprint density at radius 3 is 2.25 bits per heavy atom. The fraction of sp³-hybridized carbons (Fsp3) is 0.211. The lowest BCUT2D eigenvalue weighted by Gasteiger charge is -2.26. The van der Waals surface area contributed by atoms with E-state index in [9.17, 15) is 9.59 Å². The molecule has 0 saturated heterocycles. The quantitative estimate of drug-likeness (QED) is 0.850. The van der Waals surface area contributed by atoms with Crippen LogP contribution in [0.3, 0.4) is 0 Å². The molecule has 24 heavy (non-hydrogen) atoms. The fourth-order valence-corrected chi connectivity index (χ4v) is 2.46. The van der Waals surface area contributed by atoms with Gasteiger partial charge in [0.2, 0.25) is 11.8 Å². The summed E-state index contributed by atoms with van der Waals surface area (Å²) < 4.78 is 0. The minimum atomic E-state index is -0.248. The van der Waals surface area contributed by atoms with Crippen molar-refractivity contribution < 1.29 is 9.59 Å². The Bertz CT molecular complexity index is 766. The van der Waals surface area contributed by atoms with Crippen molar-refractivity contribution in [2.75, 3.05) is 22.9 Å². The van der Waals surface area contributed by atoms with Crippen LogP contribution in [0, 0.1) is 11.3 Å². The average Bonchev–Trinajstić information content (AvgIpc) is 2.61. The van der Waals surface area contributed by atoms with E-state index in [1.165, 1.54) is 11.8 Å². The molecule has 5 nitrogen and oxygen atoms in total. The molecule has 2 aromatic rings. The lowest BCUT2D eigenvalue weighted by molar-refractivity contribution is -0.121. The van der Waals surface area contributed by atoms with Gasteiger partial charge in [0.25, 0.3) is 0 Å². The maximum absolute atomic E-state index is 12.7. The number of hydrogen-bond acceptors (Lipinski definition) is 3. The first-order valence-electron chi connectivity index (χ1n) is 7.70. The second-order valence-corrected chi connectivity index (χ2v) is 5.24. The highest BCUT2D eigenvalue weighted by molar-refractivity contribution is 6.03. The summed E-state index contributed by atoms with van der Waals surface area (Å²) in [6.45, 7) is 3.73. The Morgan fingerprint density at radius 2 is 1.67 bits per heavy atom. The van der Waals surface area contributed by atoms with Gasteiger partial charge in [0.15, 0.2) is 0 Å². The van der Waals surface area contributed by atoms with Crippen LogP contribution in [0.5, 0.6) is 0 Å². The van der Waals surface area contributed by atoms with E-state index in [1.807, 2.05) is 43.3 Å². The molecule has 0 aliphatic carbocycles. The number of nitriles is 1. The lowest BCUT2D eigenvalue weighted by atomic mass is 10.2. The van der Waals surface area contributed by atoms with Crippen LogP contribution in [0.4, 0.5) is 11.4 Å². The topological polar surface area (TPSA) is 64.4 Å². The first-order chi connectivity index (χ1) is 11.6. The van der Waals surface area contributed by atoms with E-state index in [0.29, 0.717) is 17.8 Å². The zero-order valence-corrected chi connectivity index (χ0v) is 13.8. The van der Waals surface area contributed by atoms with Crippen LogP contribution in [-0.2, 0) is 9.59 Å². The Morgan fingerprint density at radius 1 is 1.00 bits per heavy atom. The van der Waals surface area contributed by atoms with E-state index in [4.69, 9.17) is 5.26 Å². The monoisotopic (exact) mass is 321 g/mol. The molecule has 0 aromatic heterocycles. The third-order valence-corrected chi connectivity index (χ3v) is 3.65. The average molecular weight is 321 g/mol. The predicted octanol–water partition coefficient (Wildman–Crippen LogP) is 2.96. The fourth-order valence-electron chi connectivity index (χ4n) is 2.46. The van der Waals surface area contributed by atoms with Crippen molar-refractivity contribution >= 4 is 23.2 Å². The van der Waals surface area contributed by atoms with Crippen molar-refractivity contribution in [2.45, 2.75) is 13.8 Å². The van der Waals surface area contributed by atoms with Gasteiger partial charge in [-0.05, 0) is 37.3 Å². The Kier molecular flexibility index (Phi) is 5.69. The Hall–Kier alpha value is -3.13. The number of anilines is 2. The van der Waals surface area contributed by atoms with E-state index in [2.05, 4.69) is 0 Å². The summed E-state index contributed by atoms with van der Waals surface area (Å²) in [5.74, 6) is -0.427. The Balaban J connectivity index is 2.25. The summed E-state index contributed by atoms with van der Waals surface area (Å²) in [6, 6.07) is 18.0. The second-order valence-electron chi connectivity index (χ2n) is 5.24. The molecule has 2 amide bonds. The summed E-state index contributed by atoms with van der Waals surface area (Å²) in [5, 5.41) is 9.01. The van der Waals surface area contributed by atoms with Crippen LogP contribution in [0.2, 0.25) is 0 Å². The highest BCUT2D eigenvalue weighted by Crippen LogP contribution is 2.18. The van der Waals surface area contributed by atoms with Crippen molar-refractivity contribution in [3.05, 3.63) is 60.2 Å². The number of rotatable bonds is 5. The van der Waals surface area contributed by atoms with Gasteiger partial charge in [0.1, 0.15) is 6.54 Å². The van der Waals surface area contributed by atoms with Gasteiger partial charge < -0.3 is 9.80 Å². The molecule has 0 heterocycles. The minimum absolute atomic E-state index is 0.0764. The van der Waals surface area contributed by atoms with Gasteiger partial charge >= 0.3 is 0 Å². The first-order valence-corrected chi connectivity index (χ1v) is 7.70. The molecule has 0 bridgehead atoms. The van der Waals surface area contributed by atoms with Crippen molar-refractivity contribution in [1.82, 2.24) is 0 Å². The lowest BCUT2D eigenvalue weighted by Crippen LogP contribution is -2.42. The van der Waals surface area contributed by atoms with Crippen molar-refractivity contribution in [3.63, 3.8) is 0 Å². The zero-order valence-electron chi connectivity index (χ0n) is 13.8. The molecule has 0 aliphatic heterocycles. The summed E-state index contributed by atoms with van der Waals surface area (Å²) in [4.78, 5) is 27.7. The van der Waals surface area contributed by atoms with Gasteiger partial charge in [-0.3, -0.25) is 9.59 Å². The number of amides is 2.